The van der Waals surface area contributed by atoms with Gasteiger partial charge in [-0.2, -0.15) is 0 Å². The molecule has 0 radical (unpaired) electrons. The Morgan fingerprint density at radius 1 is 0.680 bits per heavy atom. The lowest BCUT2D eigenvalue weighted by Gasteiger charge is -2.31. The summed E-state index contributed by atoms with van der Waals surface area (Å²) in [5.41, 5.74) is 4.44. The zero-order valence-electron chi connectivity index (χ0n) is 29.6. The van der Waals surface area contributed by atoms with E-state index in [0.717, 1.165) is 60.8 Å². The zero-order chi connectivity index (χ0) is 35.3. The number of esters is 2. The Morgan fingerprint density at radius 2 is 1.18 bits per heavy atom. The highest BCUT2D eigenvalue weighted by Crippen LogP contribution is 2.43. The predicted molar refractivity (Wildman–Crippen MR) is 184 cm³/mol. The minimum Gasteiger partial charge on any atom is -0.456 e. The molecule has 3 aliphatic carbocycles. The van der Waals surface area contributed by atoms with Gasteiger partial charge in [-0.05, 0) is 125 Å². The average Bonchev–Trinajstić information content (AvgIpc) is 3.86. The number of amides is 1. The highest BCUT2D eigenvalue weighted by Gasteiger charge is 2.51. The molecule has 2 heterocycles. The van der Waals surface area contributed by atoms with Crippen molar-refractivity contribution in [3.05, 3.63) is 69.8 Å². The number of benzene rings is 2. The molecule has 266 valence electrons. The van der Waals surface area contributed by atoms with E-state index in [-0.39, 0.29) is 42.1 Å². The standard InChI is InChI=1S/C40H48N2O8/c1-40(2,3)50-39(47)42-32-10-6-8-26(32)20-34(42)38(46)49-22-36(44)28-14-12-24-15-29-17-27(13-11-23(29)16-30(24)18-28)35(43)21-48-37(45)33-19-25-7-5-9-31(25)41(33)4/h11-14,17-18,25-26,31-34H,5-10,15-16,19-22H2,1-4H3/t25-,26+,31-,32+,33+,34+/m1/s1. The van der Waals surface area contributed by atoms with Crippen LogP contribution in [0.25, 0.3) is 0 Å². The molecule has 0 aromatic heterocycles. The molecule has 6 atom stereocenters. The van der Waals surface area contributed by atoms with Crippen LogP contribution in [0, 0.1) is 11.8 Å². The summed E-state index contributed by atoms with van der Waals surface area (Å²) >= 11 is 0. The van der Waals surface area contributed by atoms with Gasteiger partial charge in [-0.15, -0.1) is 0 Å². The number of carbonyl (C=O) groups excluding carboxylic acids is 5. The molecule has 2 aliphatic heterocycles. The van der Waals surface area contributed by atoms with E-state index < -0.39 is 30.3 Å². The number of ether oxygens (including phenoxy) is 3. The Balaban J connectivity index is 0.936. The van der Waals surface area contributed by atoms with Crippen LogP contribution in [-0.4, -0.2) is 89.4 Å². The Labute approximate surface area is 293 Å². The summed E-state index contributed by atoms with van der Waals surface area (Å²) in [6, 6.07) is 10.5. The summed E-state index contributed by atoms with van der Waals surface area (Å²) < 4.78 is 16.7. The third-order valence-electron chi connectivity index (χ3n) is 11.7. The van der Waals surface area contributed by atoms with Crippen LogP contribution in [0.3, 0.4) is 0 Å². The van der Waals surface area contributed by atoms with Crippen molar-refractivity contribution in [3.8, 4) is 0 Å². The molecular weight excluding hydrogens is 636 g/mol. The Hall–Kier alpha value is -4.05. The van der Waals surface area contributed by atoms with E-state index in [1.165, 1.54) is 6.42 Å². The van der Waals surface area contributed by atoms with Crippen molar-refractivity contribution in [1.82, 2.24) is 9.80 Å². The maximum atomic E-state index is 13.2. The van der Waals surface area contributed by atoms with Crippen molar-refractivity contribution in [2.45, 2.75) is 115 Å². The molecule has 0 spiro atoms. The zero-order valence-corrected chi connectivity index (χ0v) is 29.6. The summed E-state index contributed by atoms with van der Waals surface area (Å²) in [7, 11) is 1.99. The molecule has 1 amide bonds. The van der Waals surface area contributed by atoms with E-state index in [4.69, 9.17) is 14.2 Å². The van der Waals surface area contributed by atoms with Gasteiger partial charge in [0.2, 0.25) is 0 Å². The van der Waals surface area contributed by atoms with Crippen molar-refractivity contribution in [1.29, 1.82) is 0 Å². The molecule has 0 N–H and O–H groups in total. The number of carbonyl (C=O) groups is 5. The minimum absolute atomic E-state index is 0.0445. The maximum absolute atomic E-state index is 13.2. The molecule has 0 unspecified atom stereocenters. The summed E-state index contributed by atoms with van der Waals surface area (Å²) in [4.78, 5) is 69.1. The lowest BCUT2D eigenvalue weighted by molar-refractivity contribution is -0.148. The Kier molecular flexibility index (Phi) is 9.35. The van der Waals surface area contributed by atoms with E-state index in [2.05, 4.69) is 4.90 Å². The monoisotopic (exact) mass is 684 g/mol. The molecule has 2 saturated carbocycles. The SMILES string of the molecule is CN1[C@@H]2CCC[C@@H]2C[C@H]1C(=O)OCC(=O)c1ccc2c(c1)Cc1ccc(C(=O)COC(=O)[C@@H]3C[C@@H]4CCC[C@@H]4N3C(=O)OC(C)(C)C)cc1C2. The lowest BCUT2D eigenvalue weighted by atomic mass is 9.84. The van der Waals surface area contributed by atoms with Crippen molar-refractivity contribution in [2.24, 2.45) is 11.8 Å². The largest absolute Gasteiger partial charge is 0.456 e. The average molecular weight is 685 g/mol. The normalized spacial score (nSPS) is 26.8. The molecule has 10 heteroatoms. The molecule has 0 bridgehead atoms. The van der Waals surface area contributed by atoms with Crippen LogP contribution in [0.4, 0.5) is 4.79 Å². The van der Waals surface area contributed by atoms with Gasteiger partial charge in [0.15, 0.2) is 24.8 Å². The molecule has 7 rings (SSSR count). The molecule has 2 saturated heterocycles. The van der Waals surface area contributed by atoms with Gasteiger partial charge in [0, 0.05) is 23.2 Å². The Bertz CT molecular complexity index is 1710. The predicted octanol–water partition coefficient (Wildman–Crippen LogP) is 5.68. The topological polar surface area (TPSA) is 120 Å². The van der Waals surface area contributed by atoms with Crippen LogP contribution < -0.4 is 0 Å². The summed E-state index contributed by atoms with van der Waals surface area (Å²) in [6.07, 6.45) is 8.29. The second-order valence-electron chi connectivity index (χ2n) is 16.0. The number of fused-ring (bicyclic) bond motifs is 4. The third-order valence-corrected chi connectivity index (χ3v) is 11.7. The highest BCUT2D eigenvalue weighted by molar-refractivity contribution is 5.99. The van der Waals surface area contributed by atoms with E-state index in [9.17, 15) is 24.0 Å². The summed E-state index contributed by atoms with van der Waals surface area (Å²) in [5.74, 6) is -0.641. The van der Waals surface area contributed by atoms with Crippen molar-refractivity contribution >= 4 is 29.6 Å². The van der Waals surface area contributed by atoms with Crippen molar-refractivity contribution in [3.63, 3.8) is 0 Å². The molecule has 50 heavy (non-hydrogen) atoms. The molecule has 4 fully saturated rings. The highest BCUT2D eigenvalue weighted by atomic mass is 16.6. The fraction of sp³-hybridized carbons (Fsp3) is 0.575. The van der Waals surface area contributed by atoms with Crippen LogP contribution in [0.5, 0.6) is 0 Å². The number of rotatable bonds is 8. The number of nitrogens with zero attached hydrogens (tertiary/aromatic N) is 2. The van der Waals surface area contributed by atoms with Crippen LogP contribution in [-0.2, 0) is 36.6 Å². The van der Waals surface area contributed by atoms with E-state index in [1.54, 1.807) is 37.8 Å². The van der Waals surface area contributed by atoms with E-state index in [1.807, 2.05) is 31.3 Å². The van der Waals surface area contributed by atoms with Gasteiger partial charge in [0.05, 0.1) is 0 Å². The number of ketones is 2. The van der Waals surface area contributed by atoms with Gasteiger partial charge >= 0.3 is 18.0 Å². The van der Waals surface area contributed by atoms with E-state index >= 15 is 0 Å². The van der Waals surface area contributed by atoms with E-state index in [0.29, 0.717) is 42.3 Å². The van der Waals surface area contributed by atoms with Crippen LogP contribution in [0.2, 0.25) is 0 Å². The smallest absolute Gasteiger partial charge is 0.411 e. The van der Waals surface area contributed by atoms with Crippen molar-refractivity contribution in [2.75, 3.05) is 20.3 Å². The van der Waals surface area contributed by atoms with Gasteiger partial charge in [0.1, 0.15) is 17.7 Å². The summed E-state index contributed by atoms with van der Waals surface area (Å²) in [5, 5.41) is 0. The first kappa shape index (κ1) is 34.4. The first-order chi connectivity index (χ1) is 23.9. The number of hydrogen-bond acceptors (Lipinski definition) is 9. The van der Waals surface area contributed by atoms with Crippen molar-refractivity contribution < 1.29 is 38.2 Å². The van der Waals surface area contributed by atoms with Crippen LogP contribution >= 0.6 is 0 Å². The first-order valence-corrected chi connectivity index (χ1v) is 18.2. The van der Waals surface area contributed by atoms with Gasteiger partial charge in [-0.25, -0.2) is 9.59 Å². The van der Waals surface area contributed by atoms with Gasteiger partial charge in [0.25, 0.3) is 0 Å². The fourth-order valence-electron chi connectivity index (χ4n) is 9.17. The minimum atomic E-state index is -0.759. The molecule has 5 aliphatic rings. The molecule has 10 nitrogen and oxygen atoms in total. The molecule has 2 aromatic carbocycles. The molecular formula is C40H48N2O8. The van der Waals surface area contributed by atoms with Crippen LogP contribution in [0.15, 0.2) is 36.4 Å². The van der Waals surface area contributed by atoms with Gasteiger partial charge < -0.3 is 14.2 Å². The number of Topliss-reactive ketones (excluding diaryl/α,β-unsaturated/α-hetero) is 2. The van der Waals surface area contributed by atoms with Gasteiger partial charge in [-0.3, -0.25) is 24.2 Å². The maximum Gasteiger partial charge on any atom is 0.411 e. The molecule has 2 aromatic rings. The summed E-state index contributed by atoms with van der Waals surface area (Å²) in [6.45, 7) is 4.72. The third kappa shape index (κ3) is 6.83. The number of likely N-dealkylation sites (tertiary alicyclic amines) is 2. The number of hydrogen-bond donors (Lipinski definition) is 0. The second kappa shape index (κ2) is 13.6. The Morgan fingerprint density at radius 3 is 1.72 bits per heavy atom. The lowest BCUT2D eigenvalue weighted by Crippen LogP contribution is -2.47. The first-order valence-electron chi connectivity index (χ1n) is 18.2. The number of likely N-dealkylation sites (N-methyl/N-ethyl adjacent to an activating group) is 1. The quantitative estimate of drug-likeness (QED) is 0.168. The second-order valence-corrected chi connectivity index (χ2v) is 16.0. The van der Waals surface area contributed by atoms with Crippen LogP contribution in [0.1, 0.15) is 115 Å². The van der Waals surface area contributed by atoms with Gasteiger partial charge in [-0.1, -0.05) is 37.1 Å². The fourth-order valence-corrected chi connectivity index (χ4v) is 9.17.